The highest BCUT2D eigenvalue weighted by Gasteiger charge is 2.23. The van der Waals surface area contributed by atoms with Crippen LogP contribution in [0.3, 0.4) is 0 Å². The van der Waals surface area contributed by atoms with Gasteiger partial charge in [0.25, 0.3) is 0 Å². The van der Waals surface area contributed by atoms with E-state index in [0.29, 0.717) is 36.9 Å². The van der Waals surface area contributed by atoms with Gasteiger partial charge in [0, 0.05) is 31.7 Å². The number of piperazine rings is 1. The van der Waals surface area contributed by atoms with Gasteiger partial charge in [-0.15, -0.1) is 10.2 Å². The van der Waals surface area contributed by atoms with Crippen molar-refractivity contribution < 1.29 is 9.18 Å². The number of para-hydroxylation sites is 1. The second-order valence-corrected chi connectivity index (χ2v) is 7.57. The highest BCUT2D eigenvalue weighted by molar-refractivity contribution is 6.33. The lowest BCUT2D eigenvalue weighted by Gasteiger charge is -2.35. The minimum absolute atomic E-state index is 0.00683. The summed E-state index contributed by atoms with van der Waals surface area (Å²) in [5, 5.41) is 11.9. The number of amides is 2. The smallest absolute Gasteiger partial charge is 0.322 e. The molecule has 0 atom stereocenters. The number of nitrogens with one attached hydrogen (secondary N) is 1. The number of carbonyl (C=O) groups excluding carboxylic acids is 1. The van der Waals surface area contributed by atoms with Crippen LogP contribution in [0.25, 0.3) is 11.3 Å². The molecular formula is C21H18Cl2FN5O. The van der Waals surface area contributed by atoms with Crippen molar-refractivity contribution in [1.82, 2.24) is 15.1 Å². The molecule has 1 fully saturated rings. The van der Waals surface area contributed by atoms with E-state index < -0.39 is 5.82 Å². The molecule has 0 spiro atoms. The first-order chi connectivity index (χ1) is 14.5. The van der Waals surface area contributed by atoms with Crippen molar-refractivity contribution in [3.63, 3.8) is 0 Å². The SMILES string of the molecule is O=C(Nc1c(F)cccc1Cl)N1CCN(c2ccc(-c3ccccc3Cl)nn2)CC1. The van der Waals surface area contributed by atoms with E-state index in [2.05, 4.69) is 15.5 Å². The van der Waals surface area contributed by atoms with Crippen molar-refractivity contribution >= 4 is 40.7 Å². The Hall–Kier alpha value is -2.90. The van der Waals surface area contributed by atoms with E-state index in [1.807, 2.05) is 41.3 Å². The first-order valence-electron chi connectivity index (χ1n) is 9.36. The summed E-state index contributed by atoms with van der Waals surface area (Å²) < 4.78 is 13.9. The fraction of sp³-hybridized carbons (Fsp3) is 0.190. The quantitative estimate of drug-likeness (QED) is 0.619. The highest BCUT2D eigenvalue weighted by Crippen LogP contribution is 2.27. The molecule has 2 aromatic carbocycles. The lowest BCUT2D eigenvalue weighted by atomic mass is 10.1. The molecule has 154 valence electrons. The van der Waals surface area contributed by atoms with Crippen LogP contribution >= 0.6 is 23.2 Å². The monoisotopic (exact) mass is 445 g/mol. The number of nitrogens with zero attached hydrogens (tertiary/aromatic N) is 4. The maximum absolute atomic E-state index is 13.9. The molecule has 9 heteroatoms. The normalized spacial score (nSPS) is 14.0. The van der Waals surface area contributed by atoms with E-state index in [9.17, 15) is 9.18 Å². The predicted molar refractivity (Wildman–Crippen MR) is 117 cm³/mol. The number of rotatable bonds is 3. The molecule has 1 aliphatic rings. The summed E-state index contributed by atoms with van der Waals surface area (Å²) in [6, 6.07) is 15.1. The van der Waals surface area contributed by atoms with Crippen LogP contribution in [0.5, 0.6) is 0 Å². The summed E-state index contributed by atoms with van der Waals surface area (Å²) in [5.41, 5.74) is 1.52. The minimum Gasteiger partial charge on any atom is -0.352 e. The molecule has 1 aromatic heterocycles. The van der Waals surface area contributed by atoms with Gasteiger partial charge in [0.05, 0.1) is 21.4 Å². The summed E-state index contributed by atoms with van der Waals surface area (Å²) in [7, 11) is 0. The minimum atomic E-state index is -0.566. The molecule has 0 bridgehead atoms. The number of anilines is 2. The fourth-order valence-corrected chi connectivity index (χ4v) is 3.69. The van der Waals surface area contributed by atoms with Gasteiger partial charge in [-0.25, -0.2) is 9.18 Å². The van der Waals surface area contributed by atoms with Gasteiger partial charge in [-0.05, 0) is 30.3 Å². The maximum Gasteiger partial charge on any atom is 0.322 e. The Labute approximate surface area is 183 Å². The van der Waals surface area contributed by atoms with Crippen LogP contribution in [-0.2, 0) is 0 Å². The fourth-order valence-electron chi connectivity index (χ4n) is 3.25. The molecule has 0 unspecified atom stereocenters. The van der Waals surface area contributed by atoms with Crippen molar-refractivity contribution in [2.45, 2.75) is 0 Å². The lowest BCUT2D eigenvalue weighted by Crippen LogP contribution is -2.50. The summed E-state index contributed by atoms with van der Waals surface area (Å²) in [6.07, 6.45) is 0. The van der Waals surface area contributed by atoms with Crippen LogP contribution in [0.2, 0.25) is 10.0 Å². The molecule has 0 radical (unpaired) electrons. The summed E-state index contributed by atoms with van der Waals surface area (Å²) in [6.45, 7) is 2.09. The van der Waals surface area contributed by atoms with Crippen LogP contribution in [0.1, 0.15) is 0 Å². The number of hydrogen-bond acceptors (Lipinski definition) is 4. The van der Waals surface area contributed by atoms with Crippen LogP contribution in [0.15, 0.2) is 54.6 Å². The van der Waals surface area contributed by atoms with Gasteiger partial charge in [-0.2, -0.15) is 0 Å². The highest BCUT2D eigenvalue weighted by atomic mass is 35.5. The van der Waals surface area contributed by atoms with Crippen molar-refractivity contribution in [1.29, 1.82) is 0 Å². The van der Waals surface area contributed by atoms with E-state index in [0.717, 1.165) is 11.4 Å². The third-order valence-electron chi connectivity index (χ3n) is 4.89. The second kappa shape index (κ2) is 8.85. The topological polar surface area (TPSA) is 61.4 Å². The number of urea groups is 1. The van der Waals surface area contributed by atoms with Gasteiger partial charge < -0.3 is 15.1 Å². The molecular weight excluding hydrogens is 428 g/mol. The molecule has 2 amide bonds. The molecule has 0 saturated carbocycles. The number of halogens is 3. The van der Waals surface area contributed by atoms with Gasteiger partial charge in [0.2, 0.25) is 0 Å². The standard InChI is InChI=1S/C21H18Cl2FN5O/c22-15-5-2-1-4-14(15)18-8-9-19(27-26-18)28-10-12-29(13-11-28)21(30)25-20-16(23)6-3-7-17(20)24/h1-9H,10-13H2,(H,25,30). The first kappa shape index (κ1) is 20.4. The molecule has 1 N–H and O–H groups in total. The molecule has 30 heavy (non-hydrogen) atoms. The molecule has 0 aliphatic carbocycles. The zero-order valence-electron chi connectivity index (χ0n) is 15.9. The third kappa shape index (κ3) is 4.32. The Morgan fingerprint density at radius 3 is 2.30 bits per heavy atom. The van der Waals surface area contributed by atoms with Crippen LogP contribution in [0.4, 0.5) is 20.7 Å². The Balaban J connectivity index is 1.37. The third-order valence-corrected chi connectivity index (χ3v) is 5.53. The second-order valence-electron chi connectivity index (χ2n) is 6.76. The van der Waals surface area contributed by atoms with E-state index in [-0.39, 0.29) is 16.7 Å². The van der Waals surface area contributed by atoms with Crippen LogP contribution in [0, 0.1) is 5.82 Å². The average Bonchev–Trinajstić information content (AvgIpc) is 2.77. The molecule has 6 nitrogen and oxygen atoms in total. The van der Waals surface area contributed by atoms with Crippen LogP contribution < -0.4 is 10.2 Å². The summed E-state index contributed by atoms with van der Waals surface area (Å²) in [4.78, 5) is 16.1. The maximum atomic E-state index is 13.9. The Morgan fingerprint density at radius 2 is 1.63 bits per heavy atom. The van der Waals surface area contributed by atoms with Crippen molar-refractivity contribution in [3.8, 4) is 11.3 Å². The molecule has 1 saturated heterocycles. The van der Waals surface area contributed by atoms with Gasteiger partial charge in [-0.3, -0.25) is 0 Å². The molecule has 3 aromatic rings. The summed E-state index contributed by atoms with van der Waals surface area (Å²) in [5.74, 6) is 0.159. The van der Waals surface area contributed by atoms with Gasteiger partial charge in [-0.1, -0.05) is 47.5 Å². The Bertz CT molecular complexity index is 1040. The molecule has 4 rings (SSSR count). The van der Waals surface area contributed by atoms with Gasteiger partial charge in [0.1, 0.15) is 5.82 Å². The Morgan fingerprint density at radius 1 is 0.900 bits per heavy atom. The largest absolute Gasteiger partial charge is 0.352 e. The lowest BCUT2D eigenvalue weighted by molar-refractivity contribution is 0.208. The number of benzene rings is 2. The zero-order valence-corrected chi connectivity index (χ0v) is 17.4. The van der Waals surface area contributed by atoms with Crippen molar-refractivity contribution in [3.05, 3.63) is 70.5 Å². The number of hydrogen-bond donors (Lipinski definition) is 1. The Kier molecular flexibility index (Phi) is 6.01. The number of carbonyl (C=O) groups is 1. The van der Waals surface area contributed by atoms with E-state index in [4.69, 9.17) is 23.2 Å². The molecule has 1 aliphatic heterocycles. The van der Waals surface area contributed by atoms with Gasteiger partial charge in [0.15, 0.2) is 5.82 Å². The number of aromatic nitrogens is 2. The van der Waals surface area contributed by atoms with Crippen LogP contribution in [-0.4, -0.2) is 47.3 Å². The predicted octanol–water partition coefficient (Wildman–Crippen LogP) is 4.94. The summed E-state index contributed by atoms with van der Waals surface area (Å²) >= 11 is 12.2. The van der Waals surface area contributed by atoms with Gasteiger partial charge >= 0.3 is 6.03 Å². The first-order valence-corrected chi connectivity index (χ1v) is 10.1. The molecule has 2 heterocycles. The average molecular weight is 446 g/mol. The van der Waals surface area contributed by atoms with E-state index in [1.165, 1.54) is 18.2 Å². The zero-order chi connectivity index (χ0) is 21.1. The van der Waals surface area contributed by atoms with Crippen molar-refractivity contribution in [2.75, 3.05) is 36.4 Å². The van der Waals surface area contributed by atoms with Crippen molar-refractivity contribution in [2.24, 2.45) is 0 Å². The van der Waals surface area contributed by atoms with E-state index in [1.54, 1.807) is 4.90 Å². The van der Waals surface area contributed by atoms with E-state index >= 15 is 0 Å².